The summed E-state index contributed by atoms with van der Waals surface area (Å²) >= 11 is 0. The molecule has 7 heteroatoms. The topological polar surface area (TPSA) is 68.1 Å². The lowest BCUT2D eigenvalue weighted by molar-refractivity contribution is 0.0712. The summed E-state index contributed by atoms with van der Waals surface area (Å²) in [5, 5.41) is 3.98. The van der Waals surface area contributed by atoms with Gasteiger partial charge in [0.2, 0.25) is 0 Å². The number of ketones is 1. The van der Waals surface area contributed by atoms with Crippen LogP contribution in [-0.2, 0) is 7.05 Å². The fourth-order valence-electron chi connectivity index (χ4n) is 2.92. The number of carbonyl (C=O) groups excluding carboxylic acids is 2. The van der Waals surface area contributed by atoms with Crippen LogP contribution in [0.3, 0.4) is 0 Å². The minimum Gasteiger partial charge on any atom is -0.335 e. The van der Waals surface area contributed by atoms with Gasteiger partial charge in [0, 0.05) is 38.4 Å². The molecular weight excluding hydrogens is 299 g/mol. The molecule has 0 radical (unpaired) electrons. The predicted molar refractivity (Wildman–Crippen MR) is 80.4 cm³/mol. The molecule has 120 valence electrons. The number of pyridine rings is 1. The van der Waals surface area contributed by atoms with Gasteiger partial charge in [0.1, 0.15) is 0 Å². The summed E-state index contributed by atoms with van der Waals surface area (Å²) in [7, 11) is 1.74. The number of halogens is 1. The summed E-state index contributed by atoms with van der Waals surface area (Å²) in [6, 6.07) is 1.17. The van der Waals surface area contributed by atoms with Crippen LogP contribution >= 0.6 is 0 Å². The van der Waals surface area contributed by atoms with Gasteiger partial charge < -0.3 is 4.90 Å². The molecule has 0 saturated carbocycles. The molecule has 23 heavy (non-hydrogen) atoms. The molecule has 2 aromatic rings. The average Bonchev–Trinajstić information content (AvgIpc) is 3.16. The quantitative estimate of drug-likeness (QED) is 0.807. The fraction of sp³-hybridized carbons (Fsp3) is 0.375. The molecule has 0 aromatic carbocycles. The monoisotopic (exact) mass is 316 g/mol. The van der Waals surface area contributed by atoms with Crippen LogP contribution in [0.2, 0.25) is 0 Å². The molecule has 1 aliphatic heterocycles. The normalized spacial score (nSPS) is 17.5. The molecule has 3 rings (SSSR count). The van der Waals surface area contributed by atoms with Crippen molar-refractivity contribution in [3.8, 4) is 0 Å². The van der Waals surface area contributed by atoms with E-state index in [0.29, 0.717) is 12.1 Å². The molecule has 0 bridgehead atoms. The molecule has 1 aliphatic rings. The van der Waals surface area contributed by atoms with Gasteiger partial charge in [-0.3, -0.25) is 19.3 Å². The maximum absolute atomic E-state index is 13.8. The van der Waals surface area contributed by atoms with E-state index in [1.807, 2.05) is 0 Å². The molecular formula is C16H17FN4O2. The van der Waals surface area contributed by atoms with Crippen molar-refractivity contribution < 1.29 is 14.0 Å². The van der Waals surface area contributed by atoms with Crippen LogP contribution in [-0.4, -0.2) is 43.9 Å². The van der Waals surface area contributed by atoms with Crippen molar-refractivity contribution in [2.45, 2.75) is 25.3 Å². The highest BCUT2D eigenvalue weighted by Gasteiger charge is 2.32. The van der Waals surface area contributed by atoms with Gasteiger partial charge in [-0.2, -0.15) is 5.10 Å². The molecule has 1 saturated heterocycles. The van der Waals surface area contributed by atoms with E-state index in [0.717, 1.165) is 19.0 Å². The lowest BCUT2D eigenvalue weighted by Gasteiger charge is -2.24. The van der Waals surface area contributed by atoms with Crippen LogP contribution in [0.4, 0.5) is 4.39 Å². The van der Waals surface area contributed by atoms with Crippen molar-refractivity contribution >= 4 is 11.7 Å². The third kappa shape index (κ3) is 3.13. The summed E-state index contributed by atoms with van der Waals surface area (Å²) in [6.45, 7) is 0.533. The van der Waals surface area contributed by atoms with Crippen molar-refractivity contribution in [1.82, 2.24) is 19.7 Å². The van der Waals surface area contributed by atoms with Gasteiger partial charge in [-0.25, -0.2) is 4.39 Å². The van der Waals surface area contributed by atoms with E-state index >= 15 is 0 Å². The maximum atomic E-state index is 13.8. The highest BCUT2D eigenvalue weighted by Crippen LogP contribution is 2.24. The Bertz CT molecular complexity index is 743. The molecule has 1 fully saturated rings. The highest BCUT2D eigenvalue weighted by atomic mass is 19.1. The Morgan fingerprint density at radius 1 is 1.39 bits per heavy atom. The Labute approximate surface area is 132 Å². The van der Waals surface area contributed by atoms with E-state index in [4.69, 9.17) is 0 Å². The molecule has 6 nitrogen and oxygen atoms in total. The number of aryl methyl sites for hydroxylation is 1. The first kappa shape index (κ1) is 15.3. The van der Waals surface area contributed by atoms with E-state index in [1.165, 1.54) is 18.5 Å². The first-order valence-electron chi connectivity index (χ1n) is 7.48. The summed E-state index contributed by atoms with van der Waals surface area (Å²) < 4.78 is 15.3. The van der Waals surface area contributed by atoms with Crippen LogP contribution < -0.4 is 0 Å². The largest absolute Gasteiger partial charge is 0.335 e. The Balaban J connectivity index is 1.74. The smallest absolute Gasteiger partial charge is 0.257 e. The van der Waals surface area contributed by atoms with Gasteiger partial charge in [0.05, 0.1) is 23.5 Å². The van der Waals surface area contributed by atoms with E-state index in [9.17, 15) is 14.0 Å². The van der Waals surface area contributed by atoms with Gasteiger partial charge in [0.15, 0.2) is 11.6 Å². The Morgan fingerprint density at radius 3 is 2.91 bits per heavy atom. The third-order valence-electron chi connectivity index (χ3n) is 4.09. The molecule has 0 spiro atoms. The number of hydrogen-bond donors (Lipinski definition) is 0. The zero-order valence-electron chi connectivity index (χ0n) is 12.8. The van der Waals surface area contributed by atoms with Gasteiger partial charge in [-0.1, -0.05) is 0 Å². The first-order valence-corrected chi connectivity index (χ1v) is 7.48. The third-order valence-corrected chi connectivity index (χ3v) is 4.09. The van der Waals surface area contributed by atoms with Crippen molar-refractivity contribution in [2.24, 2.45) is 7.05 Å². The van der Waals surface area contributed by atoms with Crippen LogP contribution in [0.1, 0.15) is 40.0 Å². The molecule has 1 atom stereocenters. The molecule has 0 aliphatic carbocycles. The molecule has 2 aromatic heterocycles. The van der Waals surface area contributed by atoms with E-state index in [1.54, 1.807) is 22.8 Å². The maximum Gasteiger partial charge on any atom is 0.257 e. The van der Waals surface area contributed by atoms with Crippen molar-refractivity contribution in [1.29, 1.82) is 0 Å². The van der Waals surface area contributed by atoms with E-state index < -0.39 is 5.82 Å². The minimum absolute atomic E-state index is 0.000673. The Kier molecular flexibility index (Phi) is 4.18. The lowest BCUT2D eigenvalue weighted by Crippen LogP contribution is -2.37. The number of hydrogen-bond acceptors (Lipinski definition) is 4. The van der Waals surface area contributed by atoms with E-state index in [-0.39, 0.29) is 29.7 Å². The second-order valence-corrected chi connectivity index (χ2v) is 5.68. The standard InChI is InChI=1S/C16H17FN4O2/c1-20-10-11(8-19-20)15(22)7-12-3-2-6-21(12)16(23)13-4-5-18-9-14(13)17/h4-5,8-10,12H,2-3,6-7H2,1H3. The number of rotatable bonds is 4. The van der Waals surface area contributed by atoms with Crippen LogP contribution in [0, 0.1) is 5.82 Å². The summed E-state index contributed by atoms with van der Waals surface area (Å²) in [4.78, 5) is 30.1. The van der Waals surface area contributed by atoms with Crippen LogP contribution in [0.5, 0.6) is 0 Å². The predicted octanol–water partition coefficient (Wildman–Crippen LogP) is 1.83. The second kappa shape index (κ2) is 6.28. The number of carbonyl (C=O) groups is 2. The zero-order chi connectivity index (χ0) is 16.4. The summed E-state index contributed by atoms with van der Waals surface area (Å²) in [5.74, 6) is -1.08. The molecule has 1 amide bonds. The molecule has 0 N–H and O–H groups in total. The van der Waals surface area contributed by atoms with Gasteiger partial charge in [0.25, 0.3) is 5.91 Å². The molecule has 1 unspecified atom stereocenters. The first-order chi connectivity index (χ1) is 11.1. The van der Waals surface area contributed by atoms with Gasteiger partial charge in [-0.05, 0) is 18.9 Å². The highest BCUT2D eigenvalue weighted by molar-refractivity contribution is 5.98. The van der Waals surface area contributed by atoms with Crippen molar-refractivity contribution in [2.75, 3.05) is 6.54 Å². The SMILES string of the molecule is Cn1cc(C(=O)CC2CCCN2C(=O)c2ccncc2F)cn1. The average molecular weight is 316 g/mol. The Morgan fingerprint density at radius 2 is 2.22 bits per heavy atom. The molecule has 3 heterocycles. The number of nitrogens with zero attached hydrogens (tertiary/aromatic N) is 4. The number of likely N-dealkylation sites (tertiary alicyclic amines) is 1. The van der Waals surface area contributed by atoms with Crippen LogP contribution in [0.25, 0.3) is 0 Å². The van der Waals surface area contributed by atoms with Crippen LogP contribution in [0.15, 0.2) is 30.9 Å². The Hall–Kier alpha value is -2.57. The minimum atomic E-state index is -0.637. The van der Waals surface area contributed by atoms with Crippen molar-refractivity contribution in [3.63, 3.8) is 0 Å². The zero-order valence-corrected chi connectivity index (χ0v) is 12.8. The van der Waals surface area contributed by atoms with Gasteiger partial charge in [-0.15, -0.1) is 0 Å². The van der Waals surface area contributed by atoms with Crippen molar-refractivity contribution in [3.05, 3.63) is 47.8 Å². The van der Waals surface area contributed by atoms with Gasteiger partial charge >= 0.3 is 0 Å². The summed E-state index contributed by atoms with van der Waals surface area (Å²) in [5.41, 5.74) is 0.530. The number of aromatic nitrogens is 3. The number of Topliss-reactive ketones (excluding diaryl/α,β-unsaturated/α-hetero) is 1. The van der Waals surface area contributed by atoms with E-state index in [2.05, 4.69) is 10.1 Å². The fourth-order valence-corrected chi connectivity index (χ4v) is 2.92. The number of amides is 1. The lowest BCUT2D eigenvalue weighted by atomic mass is 10.0. The summed E-state index contributed by atoms with van der Waals surface area (Å²) in [6.07, 6.45) is 7.37. The second-order valence-electron chi connectivity index (χ2n) is 5.68.